The van der Waals surface area contributed by atoms with Gasteiger partial charge in [-0.2, -0.15) is 0 Å². The number of nitrogens with one attached hydrogen (secondary N) is 3. The Hall–Kier alpha value is -3.46. The first kappa shape index (κ1) is 22.8. The smallest absolute Gasteiger partial charge is 0.337 e. The van der Waals surface area contributed by atoms with E-state index in [9.17, 15) is 14.4 Å². The van der Waals surface area contributed by atoms with Crippen LogP contribution in [0.25, 0.3) is 0 Å². The largest absolute Gasteiger partial charge is 0.481 e. The standard InChI is InChI=1S/C21H23N3O5S/c1-12-5-10-17(11-13(12)2)29-14(3)18(25)23-24-21(30)22-19(26)15-6-8-16(9-7-15)20(27)28-4/h5-11,14H,1-4H3,(H,23,25)(H2,22,24,26,30). The summed E-state index contributed by atoms with van der Waals surface area (Å²) in [5, 5.41) is 2.33. The highest BCUT2D eigenvalue weighted by Gasteiger charge is 2.16. The van der Waals surface area contributed by atoms with Crippen LogP contribution in [-0.2, 0) is 9.53 Å². The maximum Gasteiger partial charge on any atom is 0.337 e. The summed E-state index contributed by atoms with van der Waals surface area (Å²) in [6.45, 7) is 5.54. The number of thiocarbonyl (C=S) groups is 1. The molecule has 0 radical (unpaired) electrons. The first-order valence-electron chi connectivity index (χ1n) is 9.04. The van der Waals surface area contributed by atoms with Crippen molar-refractivity contribution >= 4 is 35.1 Å². The molecule has 2 amide bonds. The summed E-state index contributed by atoms with van der Waals surface area (Å²) in [5.41, 5.74) is 7.63. The van der Waals surface area contributed by atoms with Crippen molar-refractivity contribution < 1.29 is 23.9 Å². The van der Waals surface area contributed by atoms with E-state index < -0.39 is 23.9 Å². The molecule has 30 heavy (non-hydrogen) atoms. The van der Waals surface area contributed by atoms with E-state index in [4.69, 9.17) is 17.0 Å². The summed E-state index contributed by atoms with van der Waals surface area (Å²) in [4.78, 5) is 35.8. The van der Waals surface area contributed by atoms with Gasteiger partial charge in [0.2, 0.25) is 0 Å². The van der Waals surface area contributed by atoms with Crippen LogP contribution < -0.4 is 20.9 Å². The van der Waals surface area contributed by atoms with Crippen LogP contribution in [0.2, 0.25) is 0 Å². The molecular weight excluding hydrogens is 406 g/mol. The Labute approximate surface area is 179 Å². The van der Waals surface area contributed by atoms with E-state index in [0.717, 1.165) is 11.1 Å². The molecule has 0 aliphatic heterocycles. The van der Waals surface area contributed by atoms with Gasteiger partial charge >= 0.3 is 5.97 Å². The highest BCUT2D eigenvalue weighted by Crippen LogP contribution is 2.17. The van der Waals surface area contributed by atoms with Gasteiger partial charge in [0.1, 0.15) is 5.75 Å². The Morgan fingerprint density at radius 1 is 0.933 bits per heavy atom. The molecule has 8 nitrogen and oxygen atoms in total. The van der Waals surface area contributed by atoms with Crippen LogP contribution in [0.3, 0.4) is 0 Å². The van der Waals surface area contributed by atoms with Crippen molar-refractivity contribution in [3.63, 3.8) is 0 Å². The quantitative estimate of drug-likeness (QED) is 0.380. The molecule has 0 aliphatic carbocycles. The summed E-state index contributed by atoms with van der Waals surface area (Å²) in [6, 6.07) is 11.4. The second kappa shape index (κ2) is 10.4. The Bertz CT molecular complexity index is 960. The van der Waals surface area contributed by atoms with E-state index in [-0.39, 0.29) is 10.7 Å². The number of carbonyl (C=O) groups excluding carboxylic acids is 3. The van der Waals surface area contributed by atoms with Crippen LogP contribution in [0.1, 0.15) is 38.8 Å². The molecule has 3 N–H and O–H groups in total. The van der Waals surface area contributed by atoms with Crippen molar-refractivity contribution in [2.75, 3.05) is 7.11 Å². The fourth-order valence-corrected chi connectivity index (χ4v) is 2.49. The second-order valence-corrected chi connectivity index (χ2v) is 6.88. The fourth-order valence-electron chi connectivity index (χ4n) is 2.35. The summed E-state index contributed by atoms with van der Waals surface area (Å²) < 4.78 is 10.2. The van der Waals surface area contributed by atoms with Gasteiger partial charge in [0.15, 0.2) is 11.2 Å². The van der Waals surface area contributed by atoms with Crippen LogP contribution >= 0.6 is 12.2 Å². The Kier molecular flexibility index (Phi) is 7.88. The van der Waals surface area contributed by atoms with Crippen molar-refractivity contribution in [3.05, 3.63) is 64.7 Å². The lowest BCUT2D eigenvalue weighted by molar-refractivity contribution is -0.127. The number of ether oxygens (including phenoxy) is 2. The van der Waals surface area contributed by atoms with Crippen LogP contribution in [0.5, 0.6) is 5.75 Å². The van der Waals surface area contributed by atoms with Gasteiger partial charge in [0, 0.05) is 5.56 Å². The van der Waals surface area contributed by atoms with E-state index in [1.54, 1.807) is 13.0 Å². The normalized spacial score (nSPS) is 11.1. The summed E-state index contributed by atoms with van der Waals surface area (Å²) in [6.07, 6.45) is -0.788. The number of hydrazine groups is 1. The molecule has 0 heterocycles. The van der Waals surface area contributed by atoms with Crippen LogP contribution in [0, 0.1) is 13.8 Å². The molecule has 0 fully saturated rings. The van der Waals surface area contributed by atoms with Crippen molar-refractivity contribution in [1.82, 2.24) is 16.2 Å². The average molecular weight is 429 g/mol. The van der Waals surface area contributed by atoms with E-state index in [1.807, 2.05) is 26.0 Å². The fraction of sp³-hybridized carbons (Fsp3) is 0.238. The number of rotatable bonds is 5. The van der Waals surface area contributed by atoms with Gasteiger partial charge in [-0.05, 0) is 80.5 Å². The van der Waals surface area contributed by atoms with E-state index in [2.05, 4.69) is 20.9 Å². The molecule has 0 aliphatic rings. The number of amides is 2. The SMILES string of the molecule is COC(=O)c1ccc(C(=O)NC(=S)NNC(=O)C(C)Oc2ccc(C)c(C)c2)cc1. The number of aryl methyl sites for hydroxylation is 2. The highest BCUT2D eigenvalue weighted by molar-refractivity contribution is 7.80. The first-order valence-corrected chi connectivity index (χ1v) is 9.45. The molecule has 2 aromatic rings. The molecule has 0 bridgehead atoms. The van der Waals surface area contributed by atoms with E-state index in [1.165, 1.54) is 31.4 Å². The predicted molar refractivity (Wildman–Crippen MR) is 115 cm³/mol. The van der Waals surface area contributed by atoms with Gasteiger partial charge in [-0.25, -0.2) is 4.79 Å². The van der Waals surface area contributed by atoms with Gasteiger partial charge in [-0.1, -0.05) is 6.07 Å². The van der Waals surface area contributed by atoms with Gasteiger partial charge in [-0.3, -0.25) is 25.8 Å². The molecule has 0 saturated carbocycles. The molecule has 0 saturated heterocycles. The monoisotopic (exact) mass is 429 g/mol. The van der Waals surface area contributed by atoms with Crippen LogP contribution in [-0.4, -0.2) is 36.1 Å². The molecule has 1 atom stereocenters. The second-order valence-electron chi connectivity index (χ2n) is 6.47. The topological polar surface area (TPSA) is 106 Å². The van der Waals surface area contributed by atoms with Crippen molar-refractivity contribution in [1.29, 1.82) is 0 Å². The zero-order chi connectivity index (χ0) is 22.3. The molecule has 9 heteroatoms. The molecule has 1 unspecified atom stereocenters. The van der Waals surface area contributed by atoms with Crippen LogP contribution in [0.15, 0.2) is 42.5 Å². The highest BCUT2D eigenvalue weighted by atomic mass is 32.1. The van der Waals surface area contributed by atoms with E-state index >= 15 is 0 Å². The third kappa shape index (κ3) is 6.28. The molecular formula is C21H23N3O5S. The zero-order valence-corrected chi connectivity index (χ0v) is 17.9. The minimum Gasteiger partial charge on any atom is -0.481 e. The van der Waals surface area contributed by atoms with E-state index in [0.29, 0.717) is 11.3 Å². The Morgan fingerprint density at radius 2 is 1.57 bits per heavy atom. The minimum atomic E-state index is -0.788. The lowest BCUT2D eigenvalue weighted by Gasteiger charge is -2.17. The number of hydrogen-bond donors (Lipinski definition) is 3. The van der Waals surface area contributed by atoms with Gasteiger partial charge in [-0.15, -0.1) is 0 Å². The summed E-state index contributed by atoms with van der Waals surface area (Å²) >= 11 is 5.01. The van der Waals surface area contributed by atoms with Gasteiger partial charge < -0.3 is 9.47 Å². The lowest BCUT2D eigenvalue weighted by Crippen LogP contribution is -2.51. The van der Waals surface area contributed by atoms with Crippen LogP contribution in [0.4, 0.5) is 0 Å². The number of benzene rings is 2. The number of methoxy groups -OCH3 is 1. The lowest BCUT2D eigenvalue weighted by atomic mass is 10.1. The van der Waals surface area contributed by atoms with Crippen molar-refractivity contribution in [2.24, 2.45) is 0 Å². The molecule has 0 aromatic heterocycles. The predicted octanol–water partition coefficient (Wildman–Crippen LogP) is 2.19. The maximum atomic E-state index is 12.2. The molecule has 158 valence electrons. The van der Waals surface area contributed by atoms with Gasteiger partial charge in [0.25, 0.3) is 11.8 Å². The number of hydrogen-bond acceptors (Lipinski definition) is 6. The minimum absolute atomic E-state index is 0.0937. The average Bonchev–Trinajstić information content (AvgIpc) is 2.74. The molecule has 0 spiro atoms. The summed E-state index contributed by atoms with van der Waals surface area (Å²) in [5.74, 6) is -0.893. The number of carbonyl (C=O) groups is 3. The summed E-state index contributed by atoms with van der Waals surface area (Å²) in [7, 11) is 1.27. The number of esters is 1. The van der Waals surface area contributed by atoms with Crippen molar-refractivity contribution in [3.8, 4) is 5.75 Å². The maximum absolute atomic E-state index is 12.2. The van der Waals surface area contributed by atoms with Crippen molar-refractivity contribution in [2.45, 2.75) is 26.9 Å². The Morgan fingerprint density at radius 3 is 2.17 bits per heavy atom. The third-order valence-corrected chi connectivity index (χ3v) is 4.46. The van der Waals surface area contributed by atoms with Gasteiger partial charge in [0.05, 0.1) is 12.7 Å². The zero-order valence-electron chi connectivity index (χ0n) is 17.1. The first-order chi connectivity index (χ1) is 14.2. The molecule has 2 rings (SSSR count). The third-order valence-electron chi connectivity index (χ3n) is 4.25. The Balaban J connectivity index is 1.82. The molecule has 2 aromatic carbocycles.